The van der Waals surface area contributed by atoms with Crippen molar-refractivity contribution >= 4 is 17.8 Å². The van der Waals surface area contributed by atoms with Crippen LogP contribution in [0.1, 0.15) is 29.6 Å². The number of amides is 1. The highest BCUT2D eigenvalue weighted by atomic mass is 16.4. The molecule has 112 valence electrons. The second kappa shape index (κ2) is 8.52. The van der Waals surface area contributed by atoms with Gasteiger partial charge in [-0.15, -0.1) is 0 Å². The van der Waals surface area contributed by atoms with Gasteiger partial charge in [-0.05, 0) is 25.0 Å². The molecule has 3 N–H and O–H groups in total. The molecule has 0 radical (unpaired) electrons. The van der Waals surface area contributed by atoms with Crippen LogP contribution in [0.4, 0.5) is 0 Å². The van der Waals surface area contributed by atoms with E-state index in [1.807, 2.05) is 0 Å². The molecule has 6 heteroatoms. The molecule has 1 atom stereocenters. The Labute approximate surface area is 122 Å². The number of nitrogens with one attached hydrogen (secondary N) is 1. The molecule has 0 aliphatic rings. The van der Waals surface area contributed by atoms with Crippen LogP contribution in [-0.4, -0.2) is 34.1 Å². The van der Waals surface area contributed by atoms with E-state index in [1.54, 1.807) is 42.5 Å². The van der Waals surface area contributed by atoms with Gasteiger partial charge in [-0.25, -0.2) is 4.79 Å². The molecule has 0 fully saturated rings. The predicted octanol–water partition coefficient (Wildman–Crippen LogP) is 1.68. The minimum Gasteiger partial charge on any atom is -0.481 e. The SMILES string of the molecule is O=C(O)CC/C=C/CC(NC(=O)c1ccccc1)C(=O)O. The number of hydrogen-bond donors (Lipinski definition) is 3. The Balaban J connectivity index is 2.52. The molecule has 0 saturated carbocycles. The molecule has 1 aromatic carbocycles. The Morgan fingerprint density at radius 2 is 1.76 bits per heavy atom. The molecular formula is C15H17NO5. The zero-order valence-corrected chi connectivity index (χ0v) is 11.4. The van der Waals surface area contributed by atoms with E-state index in [9.17, 15) is 14.4 Å². The average Bonchev–Trinajstić information content (AvgIpc) is 2.45. The maximum absolute atomic E-state index is 11.9. The lowest BCUT2D eigenvalue weighted by molar-refractivity contribution is -0.139. The molecule has 1 aromatic rings. The third-order valence-corrected chi connectivity index (χ3v) is 2.70. The number of rotatable bonds is 8. The third kappa shape index (κ3) is 6.38. The summed E-state index contributed by atoms with van der Waals surface area (Å²) in [5, 5.41) is 20.0. The van der Waals surface area contributed by atoms with Crippen LogP contribution < -0.4 is 5.32 Å². The average molecular weight is 291 g/mol. The molecule has 0 aliphatic heterocycles. The maximum Gasteiger partial charge on any atom is 0.326 e. The van der Waals surface area contributed by atoms with Gasteiger partial charge in [0.2, 0.25) is 0 Å². The van der Waals surface area contributed by atoms with Gasteiger partial charge in [-0.1, -0.05) is 30.4 Å². The van der Waals surface area contributed by atoms with Crippen molar-refractivity contribution in [2.24, 2.45) is 0 Å². The van der Waals surface area contributed by atoms with Gasteiger partial charge in [0, 0.05) is 12.0 Å². The van der Waals surface area contributed by atoms with Gasteiger partial charge in [0.15, 0.2) is 0 Å². The van der Waals surface area contributed by atoms with E-state index in [1.165, 1.54) is 0 Å². The van der Waals surface area contributed by atoms with Crippen molar-refractivity contribution in [1.29, 1.82) is 0 Å². The predicted molar refractivity (Wildman–Crippen MR) is 76.0 cm³/mol. The minimum atomic E-state index is -1.14. The molecule has 1 unspecified atom stereocenters. The first-order valence-electron chi connectivity index (χ1n) is 6.46. The van der Waals surface area contributed by atoms with Crippen LogP contribution in [0.2, 0.25) is 0 Å². The monoisotopic (exact) mass is 291 g/mol. The van der Waals surface area contributed by atoms with Crippen molar-refractivity contribution in [3.8, 4) is 0 Å². The first kappa shape index (κ1) is 16.4. The summed E-state index contributed by atoms with van der Waals surface area (Å²) >= 11 is 0. The minimum absolute atomic E-state index is 0.00931. The summed E-state index contributed by atoms with van der Waals surface area (Å²) in [5.41, 5.74) is 0.388. The lowest BCUT2D eigenvalue weighted by Gasteiger charge is -2.12. The summed E-state index contributed by atoms with van der Waals surface area (Å²) in [4.78, 5) is 33.3. The zero-order chi connectivity index (χ0) is 15.7. The molecule has 0 aliphatic carbocycles. The standard InChI is InChI=1S/C15H17NO5/c17-13(18)10-6-2-5-9-12(15(20)21)16-14(19)11-7-3-1-4-8-11/h1-5,7-8,12H,6,9-10H2,(H,16,19)(H,17,18)(H,20,21)/b5-2+. The van der Waals surface area contributed by atoms with Gasteiger partial charge in [0.05, 0.1) is 0 Å². The molecule has 21 heavy (non-hydrogen) atoms. The van der Waals surface area contributed by atoms with E-state index in [0.29, 0.717) is 12.0 Å². The van der Waals surface area contributed by atoms with Crippen LogP contribution in [-0.2, 0) is 9.59 Å². The van der Waals surface area contributed by atoms with Gasteiger partial charge in [0.25, 0.3) is 5.91 Å². The molecule has 0 heterocycles. The van der Waals surface area contributed by atoms with E-state index in [4.69, 9.17) is 10.2 Å². The van der Waals surface area contributed by atoms with Gasteiger partial charge < -0.3 is 15.5 Å². The fraction of sp³-hybridized carbons (Fsp3) is 0.267. The Morgan fingerprint density at radius 1 is 1.10 bits per heavy atom. The third-order valence-electron chi connectivity index (χ3n) is 2.70. The Kier molecular flexibility index (Phi) is 6.67. The molecular weight excluding hydrogens is 274 g/mol. The van der Waals surface area contributed by atoms with Crippen LogP contribution in [0.15, 0.2) is 42.5 Å². The largest absolute Gasteiger partial charge is 0.481 e. The molecule has 0 spiro atoms. The number of carbonyl (C=O) groups is 3. The van der Waals surface area contributed by atoms with Crippen molar-refractivity contribution in [3.05, 3.63) is 48.0 Å². The highest BCUT2D eigenvalue weighted by Gasteiger charge is 2.18. The van der Waals surface area contributed by atoms with E-state index in [2.05, 4.69) is 5.32 Å². The molecule has 1 amide bonds. The summed E-state index contributed by atoms with van der Waals surface area (Å²) < 4.78 is 0. The molecule has 6 nitrogen and oxygen atoms in total. The second-order valence-corrected chi connectivity index (χ2v) is 4.37. The molecule has 0 aromatic heterocycles. The van der Waals surface area contributed by atoms with Gasteiger partial charge in [0.1, 0.15) is 6.04 Å². The highest BCUT2D eigenvalue weighted by Crippen LogP contribution is 2.02. The van der Waals surface area contributed by atoms with Gasteiger partial charge >= 0.3 is 11.9 Å². The maximum atomic E-state index is 11.9. The number of aliphatic carboxylic acids is 2. The first-order chi connectivity index (χ1) is 10.0. The fourth-order valence-corrected chi connectivity index (χ4v) is 1.61. The van der Waals surface area contributed by atoms with E-state index in [-0.39, 0.29) is 12.8 Å². The first-order valence-corrected chi connectivity index (χ1v) is 6.46. The number of allylic oxidation sites excluding steroid dienone is 1. The number of carboxylic acid groups (broad SMARTS) is 2. The topological polar surface area (TPSA) is 104 Å². The zero-order valence-electron chi connectivity index (χ0n) is 11.4. The smallest absolute Gasteiger partial charge is 0.326 e. The van der Waals surface area contributed by atoms with Gasteiger partial charge in [-0.3, -0.25) is 9.59 Å². The molecule has 0 bridgehead atoms. The normalized spacial score (nSPS) is 12.0. The summed E-state index contributed by atoms with van der Waals surface area (Å²) in [5.74, 6) is -2.50. The van der Waals surface area contributed by atoms with Crippen molar-refractivity contribution in [1.82, 2.24) is 5.32 Å². The van der Waals surface area contributed by atoms with E-state index in [0.717, 1.165) is 0 Å². The van der Waals surface area contributed by atoms with Crippen molar-refractivity contribution in [2.45, 2.75) is 25.3 Å². The summed E-state index contributed by atoms with van der Waals surface area (Å²) in [6.45, 7) is 0. The van der Waals surface area contributed by atoms with Crippen LogP contribution in [0, 0.1) is 0 Å². The number of carbonyl (C=O) groups excluding carboxylic acids is 1. The van der Waals surface area contributed by atoms with Crippen LogP contribution in [0.3, 0.4) is 0 Å². The Morgan fingerprint density at radius 3 is 2.33 bits per heavy atom. The van der Waals surface area contributed by atoms with E-state index < -0.39 is 23.9 Å². The lowest BCUT2D eigenvalue weighted by atomic mass is 10.1. The molecule has 1 rings (SSSR count). The van der Waals surface area contributed by atoms with E-state index >= 15 is 0 Å². The lowest BCUT2D eigenvalue weighted by Crippen LogP contribution is -2.40. The Bertz CT molecular complexity index is 524. The van der Waals surface area contributed by atoms with Crippen LogP contribution in [0.5, 0.6) is 0 Å². The summed E-state index contributed by atoms with van der Waals surface area (Å²) in [6.07, 6.45) is 3.58. The van der Waals surface area contributed by atoms with Gasteiger partial charge in [-0.2, -0.15) is 0 Å². The quantitative estimate of drug-likeness (QED) is 0.632. The number of benzene rings is 1. The van der Waals surface area contributed by atoms with Crippen LogP contribution >= 0.6 is 0 Å². The van der Waals surface area contributed by atoms with Crippen molar-refractivity contribution in [2.75, 3.05) is 0 Å². The number of hydrogen-bond acceptors (Lipinski definition) is 3. The van der Waals surface area contributed by atoms with Crippen molar-refractivity contribution < 1.29 is 24.6 Å². The van der Waals surface area contributed by atoms with Crippen molar-refractivity contribution in [3.63, 3.8) is 0 Å². The summed E-state index contributed by atoms with van der Waals surface area (Å²) in [6, 6.07) is 7.29. The molecule has 0 saturated heterocycles. The number of carboxylic acids is 2. The highest BCUT2D eigenvalue weighted by molar-refractivity contribution is 5.96. The Hall–Kier alpha value is -2.63. The summed E-state index contributed by atoms with van der Waals surface area (Å²) in [7, 11) is 0. The van der Waals surface area contributed by atoms with Crippen LogP contribution in [0.25, 0.3) is 0 Å². The second-order valence-electron chi connectivity index (χ2n) is 4.37. The fourth-order valence-electron chi connectivity index (χ4n) is 1.61.